The topological polar surface area (TPSA) is 59.2 Å². The molecule has 0 radical (unpaired) electrons. The number of hydrogen-bond donors (Lipinski definition) is 0. The number of hydrogen-bond acceptors (Lipinski definition) is 4. The first-order chi connectivity index (χ1) is 15.0. The van der Waals surface area contributed by atoms with Crippen LogP contribution in [0.2, 0.25) is 5.02 Å². The maximum Gasteiger partial charge on any atom is 0.247 e. The Bertz CT molecular complexity index is 1240. The zero-order valence-corrected chi connectivity index (χ0v) is 17.7. The number of anilines is 2. The fraction of sp³-hybridized carbons (Fsp3) is 0.125. The first kappa shape index (κ1) is 20.8. The van der Waals surface area contributed by atoms with E-state index >= 15 is 0 Å². The van der Waals surface area contributed by atoms with Crippen LogP contribution in [0.3, 0.4) is 0 Å². The molecule has 2 aromatic carbocycles. The fourth-order valence-corrected chi connectivity index (χ4v) is 3.55. The first-order valence-electron chi connectivity index (χ1n) is 9.74. The number of aromatic nitrogens is 2. The highest BCUT2D eigenvalue weighted by Gasteiger charge is 2.29. The maximum absolute atomic E-state index is 14.8. The molecular formula is C24H19ClFN3O2. The Labute approximate surface area is 184 Å². The molecule has 0 saturated carbocycles. The zero-order chi connectivity index (χ0) is 22.0. The molecule has 0 aliphatic carbocycles. The van der Waals surface area contributed by atoms with Crippen molar-refractivity contribution < 1.29 is 13.7 Å². The van der Waals surface area contributed by atoms with Gasteiger partial charge in [0.05, 0.1) is 11.3 Å². The van der Waals surface area contributed by atoms with E-state index < -0.39 is 5.82 Å². The Kier molecular flexibility index (Phi) is 5.82. The molecule has 0 aliphatic heterocycles. The van der Waals surface area contributed by atoms with Gasteiger partial charge in [-0.25, -0.2) is 9.29 Å². The second-order valence-corrected chi connectivity index (χ2v) is 7.43. The summed E-state index contributed by atoms with van der Waals surface area (Å²) >= 11 is 6.18. The third-order valence-corrected chi connectivity index (χ3v) is 5.08. The van der Waals surface area contributed by atoms with Crippen molar-refractivity contribution in [1.82, 2.24) is 10.1 Å². The van der Waals surface area contributed by atoms with Crippen LogP contribution in [0, 0.1) is 12.7 Å². The molecule has 0 fully saturated rings. The number of benzene rings is 2. The predicted molar refractivity (Wildman–Crippen MR) is 119 cm³/mol. The Morgan fingerprint density at radius 1 is 1.13 bits per heavy atom. The highest BCUT2D eigenvalue weighted by Crippen LogP contribution is 2.43. The SMILES string of the molecule is CCC(=O)N(c1cccc(Cl)c1)c1onc(-c2cc(C)ccc2F)c1-c1ccncc1. The van der Waals surface area contributed by atoms with E-state index in [2.05, 4.69) is 10.1 Å². The Balaban J connectivity index is 2.00. The molecule has 0 N–H and O–H groups in total. The average Bonchev–Trinajstić information content (AvgIpc) is 3.20. The van der Waals surface area contributed by atoms with Gasteiger partial charge in [-0.15, -0.1) is 0 Å². The summed E-state index contributed by atoms with van der Waals surface area (Å²) in [7, 11) is 0. The molecule has 7 heteroatoms. The smallest absolute Gasteiger partial charge is 0.247 e. The lowest BCUT2D eigenvalue weighted by Crippen LogP contribution is -2.25. The largest absolute Gasteiger partial charge is 0.336 e. The van der Waals surface area contributed by atoms with Crippen molar-refractivity contribution >= 4 is 29.1 Å². The number of carbonyl (C=O) groups excluding carboxylic acids is 1. The van der Waals surface area contributed by atoms with E-state index in [4.69, 9.17) is 16.1 Å². The summed E-state index contributed by atoms with van der Waals surface area (Å²) < 4.78 is 20.5. The third-order valence-electron chi connectivity index (χ3n) is 4.84. The minimum atomic E-state index is -0.433. The van der Waals surface area contributed by atoms with Gasteiger partial charge in [0.1, 0.15) is 11.5 Å². The summed E-state index contributed by atoms with van der Waals surface area (Å²) in [4.78, 5) is 18.5. The molecule has 156 valence electrons. The van der Waals surface area contributed by atoms with Gasteiger partial charge in [-0.05, 0) is 55.0 Å². The van der Waals surface area contributed by atoms with Crippen LogP contribution in [0.5, 0.6) is 0 Å². The lowest BCUT2D eigenvalue weighted by molar-refractivity contribution is -0.117. The summed E-state index contributed by atoms with van der Waals surface area (Å²) in [5, 5.41) is 4.66. The Morgan fingerprint density at radius 2 is 1.90 bits per heavy atom. The molecule has 2 aromatic heterocycles. The number of rotatable bonds is 5. The van der Waals surface area contributed by atoms with Gasteiger partial charge < -0.3 is 4.52 Å². The predicted octanol–water partition coefficient (Wildman–Crippen LogP) is 6.58. The van der Waals surface area contributed by atoms with Crippen LogP contribution in [-0.4, -0.2) is 16.0 Å². The number of pyridine rings is 1. The van der Waals surface area contributed by atoms with E-state index in [1.807, 2.05) is 6.92 Å². The van der Waals surface area contributed by atoms with Crippen LogP contribution in [0.25, 0.3) is 22.4 Å². The molecule has 0 spiro atoms. The lowest BCUT2D eigenvalue weighted by Gasteiger charge is -2.21. The van der Waals surface area contributed by atoms with Crippen molar-refractivity contribution in [1.29, 1.82) is 0 Å². The molecule has 0 saturated heterocycles. The molecule has 4 rings (SSSR count). The van der Waals surface area contributed by atoms with E-state index in [-0.39, 0.29) is 23.8 Å². The van der Waals surface area contributed by atoms with Crippen LogP contribution in [0.4, 0.5) is 16.0 Å². The van der Waals surface area contributed by atoms with E-state index in [1.54, 1.807) is 67.8 Å². The summed E-state index contributed by atoms with van der Waals surface area (Å²) in [5.41, 5.74) is 3.18. The van der Waals surface area contributed by atoms with Gasteiger partial charge >= 0.3 is 0 Å². The minimum Gasteiger partial charge on any atom is -0.336 e. The van der Waals surface area contributed by atoms with Crippen molar-refractivity contribution in [3.05, 3.63) is 83.4 Å². The second-order valence-electron chi connectivity index (χ2n) is 6.99. The highest BCUT2D eigenvalue weighted by atomic mass is 35.5. The van der Waals surface area contributed by atoms with Crippen LogP contribution in [-0.2, 0) is 4.79 Å². The van der Waals surface area contributed by atoms with Crippen molar-refractivity contribution in [3.63, 3.8) is 0 Å². The second kappa shape index (κ2) is 8.70. The van der Waals surface area contributed by atoms with Gasteiger partial charge in [-0.3, -0.25) is 9.78 Å². The minimum absolute atomic E-state index is 0.191. The van der Waals surface area contributed by atoms with Gasteiger partial charge in [-0.1, -0.05) is 41.4 Å². The molecule has 2 heterocycles. The average molecular weight is 436 g/mol. The summed E-state index contributed by atoms with van der Waals surface area (Å²) in [6.07, 6.45) is 3.46. The van der Waals surface area contributed by atoms with Gasteiger partial charge in [0.15, 0.2) is 0 Å². The zero-order valence-electron chi connectivity index (χ0n) is 17.0. The number of carbonyl (C=O) groups is 1. The number of nitrogens with zero attached hydrogens (tertiary/aromatic N) is 3. The van der Waals surface area contributed by atoms with Crippen LogP contribution in [0.1, 0.15) is 18.9 Å². The van der Waals surface area contributed by atoms with Crippen molar-refractivity contribution in [2.75, 3.05) is 4.90 Å². The quantitative estimate of drug-likeness (QED) is 0.355. The molecule has 5 nitrogen and oxygen atoms in total. The van der Waals surface area contributed by atoms with Gasteiger partial charge in [-0.2, -0.15) is 0 Å². The molecule has 0 bridgehead atoms. The summed E-state index contributed by atoms with van der Waals surface area (Å²) in [5.74, 6) is -0.460. The number of aryl methyl sites for hydroxylation is 1. The standard InChI is InChI=1S/C24H19ClFN3O2/c1-3-21(30)29(18-6-4-5-17(25)14-18)24-22(16-9-11-27-12-10-16)23(28-31-24)19-13-15(2)7-8-20(19)26/h4-14H,3H2,1-2H3. The molecule has 1 amide bonds. The van der Waals surface area contributed by atoms with Crippen LogP contribution >= 0.6 is 11.6 Å². The molecule has 0 atom stereocenters. The van der Waals surface area contributed by atoms with E-state index in [9.17, 15) is 9.18 Å². The van der Waals surface area contributed by atoms with Crippen LogP contribution in [0.15, 0.2) is 71.5 Å². The fourth-order valence-electron chi connectivity index (χ4n) is 3.37. The highest BCUT2D eigenvalue weighted by molar-refractivity contribution is 6.31. The van der Waals surface area contributed by atoms with Crippen LogP contribution < -0.4 is 4.90 Å². The lowest BCUT2D eigenvalue weighted by atomic mass is 9.99. The van der Waals surface area contributed by atoms with Gasteiger partial charge in [0.2, 0.25) is 11.8 Å². The normalized spacial score (nSPS) is 10.8. The van der Waals surface area contributed by atoms with E-state index in [0.29, 0.717) is 27.5 Å². The monoisotopic (exact) mass is 435 g/mol. The van der Waals surface area contributed by atoms with E-state index in [1.165, 1.54) is 11.0 Å². The third kappa shape index (κ3) is 4.07. The molecule has 0 unspecified atom stereocenters. The maximum atomic E-state index is 14.8. The van der Waals surface area contributed by atoms with Crippen molar-refractivity contribution in [2.24, 2.45) is 0 Å². The Morgan fingerprint density at radius 3 is 2.61 bits per heavy atom. The van der Waals surface area contributed by atoms with Gasteiger partial charge in [0, 0.05) is 29.4 Å². The molecule has 0 aliphatic rings. The molecule has 31 heavy (non-hydrogen) atoms. The summed E-state index contributed by atoms with van der Waals surface area (Å²) in [6.45, 7) is 3.62. The Hall–Kier alpha value is -3.51. The van der Waals surface area contributed by atoms with Gasteiger partial charge in [0.25, 0.3) is 0 Å². The van der Waals surface area contributed by atoms with Crippen molar-refractivity contribution in [2.45, 2.75) is 20.3 Å². The van der Waals surface area contributed by atoms with Crippen molar-refractivity contribution in [3.8, 4) is 22.4 Å². The van der Waals surface area contributed by atoms with E-state index in [0.717, 1.165) is 5.56 Å². The number of amides is 1. The molecular weight excluding hydrogens is 417 g/mol. The first-order valence-corrected chi connectivity index (χ1v) is 10.1. The summed E-state index contributed by atoms with van der Waals surface area (Å²) in [6, 6.07) is 15.2. The molecule has 4 aromatic rings. The number of halogens is 2.